The van der Waals surface area contributed by atoms with Crippen LogP contribution in [0.15, 0.2) is 48.8 Å². The Hall–Kier alpha value is -1.87. The summed E-state index contributed by atoms with van der Waals surface area (Å²) in [7, 11) is 0. The summed E-state index contributed by atoms with van der Waals surface area (Å²) in [5.41, 5.74) is 8.18. The first-order valence-electron chi connectivity index (χ1n) is 6.17. The molecule has 0 bridgehead atoms. The van der Waals surface area contributed by atoms with Crippen molar-refractivity contribution >= 4 is 0 Å². The molecule has 0 aliphatic rings. The van der Waals surface area contributed by atoms with Crippen LogP contribution in [0.1, 0.15) is 30.5 Å². The largest absolute Gasteiger partial charge is 0.489 e. The summed E-state index contributed by atoms with van der Waals surface area (Å²) in [4.78, 5) is 4.07. The lowest BCUT2D eigenvalue weighted by Crippen LogP contribution is -2.10. The molecule has 0 unspecified atom stereocenters. The van der Waals surface area contributed by atoms with Crippen molar-refractivity contribution < 1.29 is 4.74 Å². The van der Waals surface area contributed by atoms with Gasteiger partial charge < -0.3 is 10.5 Å². The molecule has 0 saturated carbocycles. The molecule has 0 aliphatic carbocycles. The molecule has 1 atom stereocenters. The van der Waals surface area contributed by atoms with Crippen LogP contribution < -0.4 is 10.5 Å². The van der Waals surface area contributed by atoms with Gasteiger partial charge in [-0.3, -0.25) is 4.98 Å². The molecule has 1 aromatic carbocycles. The number of aromatic nitrogens is 1. The Morgan fingerprint density at radius 2 is 2.06 bits per heavy atom. The summed E-state index contributed by atoms with van der Waals surface area (Å²) in [5.74, 6) is 0.857. The predicted octanol–water partition coefficient (Wildman–Crippen LogP) is 3.07. The Labute approximate surface area is 108 Å². The van der Waals surface area contributed by atoms with E-state index in [-0.39, 0.29) is 6.04 Å². The van der Waals surface area contributed by atoms with Gasteiger partial charge in [-0.25, -0.2) is 0 Å². The van der Waals surface area contributed by atoms with Crippen LogP contribution in [-0.2, 0) is 6.61 Å². The molecule has 1 aromatic heterocycles. The van der Waals surface area contributed by atoms with Gasteiger partial charge in [0, 0.05) is 29.6 Å². The normalized spacial score (nSPS) is 12.1. The molecule has 0 spiro atoms. The second-order valence-electron chi connectivity index (χ2n) is 4.20. The van der Waals surface area contributed by atoms with E-state index in [0.29, 0.717) is 6.61 Å². The van der Waals surface area contributed by atoms with Gasteiger partial charge in [-0.2, -0.15) is 0 Å². The molecule has 2 aromatic rings. The number of para-hydroxylation sites is 1. The van der Waals surface area contributed by atoms with Gasteiger partial charge in [-0.1, -0.05) is 31.2 Å². The number of rotatable bonds is 5. The van der Waals surface area contributed by atoms with Crippen LogP contribution in [0.25, 0.3) is 0 Å². The van der Waals surface area contributed by atoms with Crippen LogP contribution in [0.5, 0.6) is 5.75 Å². The molecule has 3 nitrogen and oxygen atoms in total. The van der Waals surface area contributed by atoms with Crippen molar-refractivity contribution in [2.45, 2.75) is 26.0 Å². The number of hydrogen-bond donors (Lipinski definition) is 1. The van der Waals surface area contributed by atoms with Crippen molar-refractivity contribution in [1.29, 1.82) is 0 Å². The van der Waals surface area contributed by atoms with Crippen LogP contribution in [0.3, 0.4) is 0 Å². The number of hydrogen-bond acceptors (Lipinski definition) is 3. The fourth-order valence-electron chi connectivity index (χ4n) is 1.78. The molecular weight excluding hydrogens is 224 g/mol. The predicted molar refractivity (Wildman–Crippen MR) is 72.2 cm³/mol. The van der Waals surface area contributed by atoms with Crippen molar-refractivity contribution in [3.05, 3.63) is 59.9 Å². The molecule has 18 heavy (non-hydrogen) atoms. The third-order valence-electron chi connectivity index (χ3n) is 2.88. The highest BCUT2D eigenvalue weighted by Crippen LogP contribution is 2.25. The first-order chi connectivity index (χ1) is 8.81. The minimum absolute atomic E-state index is 0.0232. The monoisotopic (exact) mass is 242 g/mol. The fraction of sp³-hybridized carbons (Fsp3) is 0.267. The Morgan fingerprint density at radius 1 is 1.22 bits per heavy atom. The number of benzene rings is 1. The van der Waals surface area contributed by atoms with Gasteiger partial charge in [0.05, 0.1) is 0 Å². The zero-order valence-electron chi connectivity index (χ0n) is 10.5. The van der Waals surface area contributed by atoms with E-state index < -0.39 is 0 Å². The van der Waals surface area contributed by atoms with Gasteiger partial charge in [0.25, 0.3) is 0 Å². The smallest absolute Gasteiger partial charge is 0.124 e. The van der Waals surface area contributed by atoms with E-state index in [0.717, 1.165) is 23.3 Å². The highest BCUT2D eigenvalue weighted by molar-refractivity contribution is 5.35. The molecule has 94 valence electrons. The van der Waals surface area contributed by atoms with Gasteiger partial charge >= 0.3 is 0 Å². The van der Waals surface area contributed by atoms with Gasteiger partial charge in [-0.05, 0) is 18.6 Å². The van der Waals surface area contributed by atoms with Gasteiger partial charge in [0.1, 0.15) is 12.4 Å². The molecule has 2 rings (SSSR count). The van der Waals surface area contributed by atoms with Crippen molar-refractivity contribution in [2.75, 3.05) is 0 Å². The van der Waals surface area contributed by atoms with Crippen molar-refractivity contribution in [3.8, 4) is 5.75 Å². The van der Waals surface area contributed by atoms with E-state index >= 15 is 0 Å². The summed E-state index contributed by atoms with van der Waals surface area (Å²) < 4.78 is 5.83. The SMILES string of the molecule is CC[C@H](N)c1ccccc1OCc1cccnc1. The number of nitrogens with zero attached hydrogens (tertiary/aromatic N) is 1. The number of nitrogens with two attached hydrogens (primary N) is 1. The average molecular weight is 242 g/mol. The second-order valence-corrected chi connectivity index (χ2v) is 4.20. The van der Waals surface area contributed by atoms with E-state index in [1.807, 2.05) is 42.6 Å². The topological polar surface area (TPSA) is 48.1 Å². The van der Waals surface area contributed by atoms with E-state index in [1.54, 1.807) is 6.20 Å². The average Bonchev–Trinajstić information content (AvgIpc) is 2.45. The number of ether oxygens (including phenoxy) is 1. The molecule has 3 heteroatoms. The first-order valence-corrected chi connectivity index (χ1v) is 6.17. The van der Waals surface area contributed by atoms with Crippen LogP contribution in [-0.4, -0.2) is 4.98 Å². The molecule has 0 fully saturated rings. The minimum atomic E-state index is 0.0232. The Morgan fingerprint density at radius 3 is 2.78 bits per heavy atom. The maximum Gasteiger partial charge on any atom is 0.124 e. The fourth-order valence-corrected chi connectivity index (χ4v) is 1.78. The zero-order chi connectivity index (χ0) is 12.8. The van der Waals surface area contributed by atoms with Gasteiger partial charge in [0.15, 0.2) is 0 Å². The summed E-state index contributed by atoms with van der Waals surface area (Å²) in [6, 6.07) is 11.9. The molecule has 0 amide bonds. The van der Waals surface area contributed by atoms with E-state index in [4.69, 9.17) is 10.5 Å². The lowest BCUT2D eigenvalue weighted by atomic mass is 10.0. The van der Waals surface area contributed by atoms with Gasteiger partial charge in [0.2, 0.25) is 0 Å². The summed E-state index contributed by atoms with van der Waals surface area (Å²) in [6.45, 7) is 2.59. The van der Waals surface area contributed by atoms with Crippen molar-refractivity contribution in [2.24, 2.45) is 5.73 Å². The van der Waals surface area contributed by atoms with Crippen molar-refractivity contribution in [1.82, 2.24) is 4.98 Å². The second kappa shape index (κ2) is 6.17. The Bertz CT molecular complexity index is 485. The van der Waals surface area contributed by atoms with E-state index in [2.05, 4.69) is 11.9 Å². The summed E-state index contributed by atoms with van der Waals surface area (Å²) in [6.07, 6.45) is 4.46. The molecule has 0 saturated heterocycles. The molecule has 0 radical (unpaired) electrons. The maximum absolute atomic E-state index is 6.07. The molecule has 2 N–H and O–H groups in total. The zero-order valence-corrected chi connectivity index (χ0v) is 10.5. The highest BCUT2D eigenvalue weighted by atomic mass is 16.5. The quantitative estimate of drug-likeness (QED) is 0.876. The van der Waals surface area contributed by atoms with Crippen molar-refractivity contribution in [3.63, 3.8) is 0 Å². The minimum Gasteiger partial charge on any atom is -0.489 e. The Kier molecular flexibility index (Phi) is 4.31. The van der Waals surface area contributed by atoms with Crippen LogP contribution >= 0.6 is 0 Å². The van der Waals surface area contributed by atoms with Crippen LogP contribution in [0, 0.1) is 0 Å². The van der Waals surface area contributed by atoms with Crippen LogP contribution in [0.2, 0.25) is 0 Å². The third kappa shape index (κ3) is 3.08. The molecular formula is C15H18N2O. The standard InChI is InChI=1S/C15H18N2O/c1-2-14(16)13-7-3-4-8-15(13)18-11-12-6-5-9-17-10-12/h3-10,14H,2,11,16H2,1H3/t14-/m0/s1. The van der Waals surface area contributed by atoms with E-state index in [1.165, 1.54) is 0 Å². The maximum atomic E-state index is 6.07. The lowest BCUT2D eigenvalue weighted by molar-refractivity contribution is 0.300. The number of pyridine rings is 1. The molecule has 0 aliphatic heterocycles. The van der Waals surface area contributed by atoms with E-state index in [9.17, 15) is 0 Å². The summed E-state index contributed by atoms with van der Waals surface area (Å²) >= 11 is 0. The van der Waals surface area contributed by atoms with Gasteiger partial charge in [-0.15, -0.1) is 0 Å². The highest BCUT2D eigenvalue weighted by Gasteiger charge is 2.09. The third-order valence-corrected chi connectivity index (χ3v) is 2.88. The Balaban J connectivity index is 2.10. The first kappa shape index (κ1) is 12.6. The summed E-state index contributed by atoms with van der Waals surface area (Å²) in [5, 5.41) is 0. The lowest BCUT2D eigenvalue weighted by Gasteiger charge is -2.15. The molecule has 1 heterocycles. The van der Waals surface area contributed by atoms with Crippen LogP contribution in [0.4, 0.5) is 0 Å².